The molecule has 0 radical (unpaired) electrons. The molecule has 7 heteroatoms. The second-order valence-corrected chi connectivity index (χ2v) is 3.03. The van der Waals surface area contributed by atoms with E-state index in [0.717, 1.165) is 12.1 Å². The van der Waals surface area contributed by atoms with Crippen LogP contribution in [0.2, 0.25) is 0 Å². The third kappa shape index (κ3) is 3.76. The first-order chi connectivity index (χ1) is 7.85. The predicted molar refractivity (Wildman–Crippen MR) is 49.1 cm³/mol. The normalized spacial score (nSPS) is 11.4. The Labute approximate surface area is 93.9 Å². The van der Waals surface area contributed by atoms with Gasteiger partial charge in [-0.05, 0) is 19.1 Å². The van der Waals surface area contributed by atoms with Crippen LogP contribution in [0.3, 0.4) is 0 Å². The Kier molecular flexibility index (Phi) is 4.14. The van der Waals surface area contributed by atoms with Crippen LogP contribution in [-0.4, -0.2) is 19.4 Å². The van der Waals surface area contributed by atoms with Crippen molar-refractivity contribution in [1.29, 1.82) is 0 Å². The summed E-state index contributed by atoms with van der Waals surface area (Å²) in [6.07, 6.45) is -4.61. The number of hydrogen-bond acceptors (Lipinski definition) is 2. The topological polar surface area (TPSA) is 18.5 Å². The van der Waals surface area contributed by atoms with E-state index in [9.17, 15) is 22.0 Å². The lowest BCUT2D eigenvalue weighted by Crippen LogP contribution is -2.19. The highest BCUT2D eigenvalue weighted by Crippen LogP contribution is 2.28. The zero-order chi connectivity index (χ0) is 13.1. The van der Waals surface area contributed by atoms with E-state index < -0.39 is 30.2 Å². The van der Waals surface area contributed by atoms with E-state index >= 15 is 0 Å². The summed E-state index contributed by atoms with van der Waals surface area (Å²) in [6, 6.07) is 1.89. The zero-order valence-electron chi connectivity index (χ0n) is 8.78. The van der Waals surface area contributed by atoms with Crippen molar-refractivity contribution < 1.29 is 31.4 Å². The highest BCUT2D eigenvalue weighted by Gasteiger charge is 2.29. The minimum absolute atomic E-state index is 0.110. The van der Waals surface area contributed by atoms with Crippen LogP contribution in [0.5, 0.6) is 11.5 Å². The first kappa shape index (κ1) is 13.5. The van der Waals surface area contributed by atoms with Crippen molar-refractivity contribution in [1.82, 2.24) is 0 Å². The van der Waals surface area contributed by atoms with Crippen LogP contribution < -0.4 is 9.47 Å². The van der Waals surface area contributed by atoms with Crippen molar-refractivity contribution in [3.63, 3.8) is 0 Å². The van der Waals surface area contributed by atoms with Crippen LogP contribution in [-0.2, 0) is 0 Å². The largest absolute Gasteiger partial charge is 0.491 e. The van der Waals surface area contributed by atoms with Crippen LogP contribution in [0.4, 0.5) is 22.0 Å². The number of rotatable bonds is 4. The predicted octanol–water partition coefficient (Wildman–Crippen LogP) is 3.30. The monoisotopic (exact) mass is 256 g/mol. The van der Waals surface area contributed by atoms with Gasteiger partial charge in [0.1, 0.15) is 0 Å². The van der Waals surface area contributed by atoms with Crippen LogP contribution in [0, 0.1) is 11.6 Å². The highest BCUT2D eigenvalue weighted by atomic mass is 19.4. The summed E-state index contributed by atoms with van der Waals surface area (Å²) in [5, 5.41) is 0. The number of ether oxygens (including phenoxy) is 2. The Hall–Kier alpha value is -1.53. The van der Waals surface area contributed by atoms with Gasteiger partial charge in [-0.25, -0.2) is 0 Å². The summed E-state index contributed by atoms with van der Waals surface area (Å²) in [5.41, 5.74) is 0. The lowest BCUT2D eigenvalue weighted by atomic mass is 10.3. The van der Waals surface area contributed by atoms with Gasteiger partial charge in [0.2, 0.25) is 11.6 Å². The molecular weight excluding hydrogens is 247 g/mol. The molecule has 0 spiro atoms. The van der Waals surface area contributed by atoms with Crippen molar-refractivity contribution >= 4 is 0 Å². The third-order valence-electron chi connectivity index (χ3n) is 1.70. The van der Waals surface area contributed by atoms with Gasteiger partial charge in [-0.15, -0.1) is 0 Å². The molecule has 0 saturated carbocycles. The maximum absolute atomic E-state index is 13.2. The first-order valence-electron chi connectivity index (χ1n) is 4.65. The fourth-order valence-corrected chi connectivity index (χ4v) is 1.05. The average Bonchev–Trinajstić information content (AvgIpc) is 2.23. The SMILES string of the molecule is CCOc1ccc(OCC(F)(F)F)c(F)c1F. The van der Waals surface area contributed by atoms with Crippen molar-refractivity contribution in [2.75, 3.05) is 13.2 Å². The molecule has 0 fully saturated rings. The van der Waals surface area contributed by atoms with E-state index in [0.29, 0.717) is 0 Å². The van der Waals surface area contributed by atoms with Gasteiger partial charge in [0.05, 0.1) is 6.61 Å². The van der Waals surface area contributed by atoms with E-state index in [4.69, 9.17) is 4.74 Å². The molecule has 0 bridgehead atoms. The van der Waals surface area contributed by atoms with Gasteiger partial charge in [0.25, 0.3) is 0 Å². The molecule has 0 aliphatic rings. The van der Waals surface area contributed by atoms with E-state index in [2.05, 4.69) is 4.74 Å². The summed E-state index contributed by atoms with van der Waals surface area (Å²) < 4.78 is 70.7. The van der Waals surface area contributed by atoms with Gasteiger partial charge in [-0.2, -0.15) is 22.0 Å². The van der Waals surface area contributed by atoms with E-state index in [1.54, 1.807) is 6.92 Å². The van der Waals surface area contributed by atoms with Gasteiger partial charge < -0.3 is 9.47 Å². The maximum Gasteiger partial charge on any atom is 0.422 e. The zero-order valence-corrected chi connectivity index (χ0v) is 8.78. The standard InChI is InChI=1S/C10H9F5O2/c1-2-16-6-3-4-7(9(12)8(6)11)17-5-10(13,14)15/h3-4H,2,5H2,1H3. The lowest BCUT2D eigenvalue weighted by Gasteiger charge is -2.11. The molecule has 17 heavy (non-hydrogen) atoms. The summed E-state index contributed by atoms with van der Waals surface area (Å²) in [4.78, 5) is 0. The number of alkyl halides is 3. The minimum Gasteiger partial charge on any atom is -0.491 e. The molecule has 96 valence electrons. The number of hydrogen-bond donors (Lipinski definition) is 0. The van der Waals surface area contributed by atoms with Crippen molar-refractivity contribution in [2.24, 2.45) is 0 Å². The fraction of sp³-hybridized carbons (Fsp3) is 0.400. The second kappa shape index (κ2) is 5.20. The molecule has 0 atom stereocenters. The van der Waals surface area contributed by atoms with Crippen LogP contribution >= 0.6 is 0 Å². The summed E-state index contributed by atoms with van der Waals surface area (Å²) in [5.74, 6) is -4.04. The molecule has 0 unspecified atom stereocenters. The Morgan fingerprint density at radius 1 is 1.00 bits per heavy atom. The lowest BCUT2D eigenvalue weighted by molar-refractivity contribution is -0.153. The summed E-state index contributed by atoms with van der Waals surface area (Å²) >= 11 is 0. The molecule has 1 aromatic rings. The molecule has 0 N–H and O–H groups in total. The Morgan fingerprint density at radius 2 is 1.47 bits per heavy atom. The molecule has 0 amide bonds. The molecule has 1 aromatic carbocycles. The Morgan fingerprint density at radius 3 is 1.88 bits per heavy atom. The molecule has 2 nitrogen and oxygen atoms in total. The van der Waals surface area contributed by atoms with Crippen LogP contribution in [0.15, 0.2) is 12.1 Å². The van der Waals surface area contributed by atoms with Crippen LogP contribution in [0.25, 0.3) is 0 Å². The number of benzene rings is 1. The molecular formula is C10H9F5O2. The second-order valence-electron chi connectivity index (χ2n) is 3.03. The molecule has 0 saturated heterocycles. The molecule has 0 aromatic heterocycles. The molecule has 0 heterocycles. The molecule has 0 aliphatic heterocycles. The van der Waals surface area contributed by atoms with Gasteiger partial charge in [-0.3, -0.25) is 0 Å². The summed E-state index contributed by atoms with van der Waals surface area (Å²) in [7, 11) is 0. The van der Waals surface area contributed by atoms with Crippen molar-refractivity contribution in [3.8, 4) is 11.5 Å². The fourth-order valence-electron chi connectivity index (χ4n) is 1.05. The third-order valence-corrected chi connectivity index (χ3v) is 1.70. The van der Waals surface area contributed by atoms with Gasteiger partial charge in [0.15, 0.2) is 18.1 Å². The van der Waals surface area contributed by atoms with Crippen molar-refractivity contribution in [3.05, 3.63) is 23.8 Å². The van der Waals surface area contributed by atoms with E-state index in [1.165, 1.54) is 0 Å². The smallest absolute Gasteiger partial charge is 0.422 e. The van der Waals surface area contributed by atoms with Gasteiger partial charge in [-0.1, -0.05) is 0 Å². The molecule has 0 aliphatic carbocycles. The van der Waals surface area contributed by atoms with E-state index in [-0.39, 0.29) is 12.4 Å². The van der Waals surface area contributed by atoms with Crippen molar-refractivity contribution in [2.45, 2.75) is 13.1 Å². The highest BCUT2D eigenvalue weighted by molar-refractivity contribution is 5.35. The maximum atomic E-state index is 13.2. The molecule has 1 rings (SSSR count). The van der Waals surface area contributed by atoms with Gasteiger partial charge in [0, 0.05) is 0 Å². The Balaban J connectivity index is 2.85. The first-order valence-corrected chi connectivity index (χ1v) is 4.65. The number of halogens is 5. The Bertz CT molecular complexity index is 389. The van der Waals surface area contributed by atoms with Gasteiger partial charge >= 0.3 is 6.18 Å². The average molecular weight is 256 g/mol. The van der Waals surface area contributed by atoms with E-state index in [1.807, 2.05) is 0 Å². The quantitative estimate of drug-likeness (QED) is 0.769. The summed E-state index contributed by atoms with van der Waals surface area (Å²) in [6.45, 7) is -0.0120. The van der Waals surface area contributed by atoms with Crippen LogP contribution in [0.1, 0.15) is 6.92 Å². The minimum atomic E-state index is -4.61.